The smallest absolute Gasteiger partial charge is 0.358 e. The second-order valence-electron chi connectivity index (χ2n) is 14.5. The summed E-state index contributed by atoms with van der Waals surface area (Å²) in [7, 11) is -2.54. The van der Waals surface area contributed by atoms with Crippen molar-refractivity contribution in [2.24, 2.45) is 0 Å². The van der Waals surface area contributed by atoms with Crippen LogP contribution in [0.25, 0.3) is 0 Å². The number of imide groups is 1. The van der Waals surface area contributed by atoms with Gasteiger partial charge in [0.1, 0.15) is 23.6 Å². The summed E-state index contributed by atoms with van der Waals surface area (Å²) in [4.78, 5) is 27.1. The molecule has 2 saturated heterocycles. The summed E-state index contributed by atoms with van der Waals surface area (Å²) in [6.07, 6.45) is -3.25. The van der Waals surface area contributed by atoms with E-state index in [1.807, 2.05) is 109 Å². The number of thiocarbonyl (C=S) groups is 1. The molecule has 2 aliphatic heterocycles. The van der Waals surface area contributed by atoms with Crippen LogP contribution in [-0.4, -0.2) is 68.1 Å². The Kier molecular flexibility index (Phi) is 11.3. The van der Waals surface area contributed by atoms with E-state index in [1.165, 1.54) is 4.90 Å². The molecule has 0 bridgehead atoms. The minimum Gasteiger partial charge on any atom is -0.447 e. The number of hydrogen-bond acceptors (Lipinski definition) is 8. The molecule has 6 rings (SSSR count). The monoisotopic (exact) mass is 738 g/mol. The summed E-state index contributed by atoms with van der Waals surface area (Å²) < 4.78 is 33.7. The molecule has 0 aromatic heterocycles. The van der Waals surface area contributed by atoms with E-state index in [0.29, 0.717) is 5.75 Å². The average Bonchev–Trinajstić information content (AvgIpc) is 3.44. The van der Waals surface area contributed by atoms with Crippen molar-refractivity contribution < 1.29 is 33.0 Å². The van der Waals surface area contributed by atoms with E-state index < -0.39 is 44.5 Å². The number of urea groups is 1. The number of rotatable bonds is 11. The second-order valence-corrected chi connectivity index (χ2v) is 19.6. The molecule has 0 aliphatic carbocycles. The van der Waals surface area contributed by atoms with Crippen molar-refractivity contribution in [3.05, 3.63) is 138 Å². The number of amides is 3. The Labute approximate surface area is 312 Å². The van der Waals surface area contributed by atoms with Gasteiger partial charge in [-0.15, -0.1) is 0 Å². The lowest BCUT2D eigenvalue weighted by molar-refractivity contribution is -0.127. The molecule has 272 valence electrons. The van der Waals surface area contributed by atoms with Crippen LogP contribution in [0.2, 0.25) is 18.1 Å². The van der Waals surface area contributed by atoms with Crippen LogP contribution in [0.3, 0.4) is 0 Å². The number of hydrogen-bond donors (Lipinski definition) is 1. The van der Waals surface area contributed by atoms with Crippen LogP contribution in [0.5, 0.6) is 5.75 Å². The second kappa shape index (κ2) is 15.7. The van der Waals surface area contributed by atoms with Gasteiger partial charge < -0.3 is 23.4 Å². The summed E-state index contributed by atoms with van der Waals surface area (Å²) in [5.41, 5.74) is 1.71. The zero-order valence-electron chi connectivity index (χ0n) is 30.2. The van der Waals surface area contributed by atoms with Crippen LogP contribution in [-0.2, 0) is 29.0 Å². The predicted octanol–water partition coefficient (Wildman–Crippen LogP) is 7.80. The molecule has 52 heavy (non-hydrogen) atoms. The van der Waals surface area contributed by atoms with Crippen molar-refractivity contribution >= 4 is 37.7 Å². The molecule has 4 aromatic carbocycles. The fourth-order valence-corrected chi connectivity index (χ4v) is 7.89. The van der Waals surface area contributed by atoms with Gasteiger partial charge in [-0.2, -0.15) is 0 Å². The number of benzene rings is 4. The lowest BCUT2D eigenvalue weighted by atomic mass is 9.80. The van der Waals surface area contributed by atoms with Gasteiger partial charge in [-0.3, -0.25) is 15.0 Å². The molecular formula is C41H46N2O7SSi. The molecule has 0 unspecified atom stereocenters. The maximum Gasteiger partial charge on any atom is 0.358 e. The van der Waals surface area contributed by atoms with Crippen molar-refractivity contribution in [2.45, 2.75) is 75.5 Å². The highest BCUT2D eigenvalue weighted by atomic mass is 32.1. The van der Waals surface area contributed by atoms with Gasteiger partial charge in [0.25, 0.3) is 0 Å². The fourth-order valence-electron chi connectivity index (χ4n) is 6.39. The fraction of sp³-hybridized carbons (Fsp3) is 0.341. The molecule has 3 amide bonds. The highest BCUT2D eigenvalue weighted by Crippen LogP contribution is 2.44. The number of nitrogens with zero attached hydrogens (tertiary/aromatic N) is 1. The first-order valence-corrected chi connectivity index (χ1v) is 20.9. The molecule has 0 radical (unpaired) electrons. The Balaban J connectivity index is 1.43. The summed E-state index contributed by atoms with van der Waals surface area (Å²) in [5.74, 6) is 0.174. The lowest BCUT2D eigenvalue weighted by Crippen LogP contribution is -2.59. The first-order valence-electron chi connectivity index (χ1n) is 17.6. The predicted molar refractivity (Wildman–Crippen MR) is 205 cm³/mol. The topological polar surface area (TPSA) is 95.6 Å². The van der Waals surface area contributed by atoms with Gasteiger partial charge >= 0.3 is 11.3 Å². The largest absolute Gasteiger partial charge is 0.447 e. The van der Waals surface area contributed by atoms with Gasteiger partial charge in [0.15, 0.2) is 20.6 Å². The number of carbonyl (C=O) groups is 2. The Hall–Kier alpha value is -4.39. The SMILES string of the molecule is CC(C)(C)[Si](C)(C)O[C@H]1[C@@H](OC(=S)Oc2ccccc2)[C@@H](COC(c2ccccc2)(c2ccccc2)c2ccccc2)O[C@H]1N1CCC(=O)NC1=O. The Morgan fingerprint density at radius 1 is 0.808 bits per heavy atom. The van der Waals surface area contributed by atoms with Crippen molar-refractivity contribution in [1.82, 2.24) is 10.2 Å². The van der Waals surface area contributed by atoms with Crippen LogP contribution in [0.4, 0.5) is 4.79 Å². The number of nitrogens with one attached hydrogen (secondary N) is 1. The van der Waals surface area contributed by atoms with Gasteiger partial charge in [-0.05, 0) is 47.0 Å². The van der Waals surface area contributed by atoms with Crippen molar-refractivity contribution in [1.29, 1.82) is 0 Å². The minimum absolute atomic E-state index is 0.0134. The Morgan fingerprint density at radius 3 is 1.79 bits per heavy atom. The molecular weight excluding hydrogens is 693 g/mol. The summed E-state index contributed by atoms with van der Waals surface area (Å²) in [5, 5.41) is 2.13. The first-order chi connectivity index (χ1) is 24.9. The van der Waals surface area contributed by atoms with Gasteiger partial charge in [0.05, 0.1) is 6.61 Å². The maximum absolute atomic E-state index is 13.4. The highest BCUT2D eigenvalue weighted by molar-refractivity contribution is 7.79. The third-order valence-electron chi connectivity index (χ3n) is 10.1. The Bertz CT molecular complexity index is 1730. The lowest BCUT2D eigenvalue weighted by Gasteiger charge is -2.42. The molecule has 1 N–H and O–H groups in total. The molecule has 0 saturated carbocycles. The molecule has 2 fully saturated rings. The van der Waals surface area contributed by atoms with Crippen LogP contribution in [0.1, 0.15) is 43.9 Å². The zero-order chi connectivity index (χ0) is 36.9. The molecule has 4 aromatic rings. The van der Waals surface area contributed by atoms with E-state index in [4.69, 9.17) is 35.6 Å². The first kappa shape index (κ1) is 37.4. The summed E-state index contributed by atoms with van der Waals surface area (Å²) in [6, 6.07) is 38.8. The normalized spacial score (nSPS) is 21.1. The van der Waals surface area contributed by atoms with E-state index in [0.717, 1.165) is 16.7 Å². The highest BCUT2D eigenvalue weighted by Gasteiger charge is 2.56. The quantitative estimate of drug-likeness (QED) is 0.0947. The van der Waals surface area contributed by atoms with Gasteiger partial charge in [-0.1, -0.05) is 130 Å². The molecule has 0 spiro atoms. The van der Waals surface area contributed by atoms with Crippen LogP contribution >= 0.6 is 12.2 Å². The van der Waals surface area contributed by atoms with Gasteiger partial charge in [0, 0.05) is 25.2 Å². The molecule has 2 heterocycles. The number of carbonyl (C=O) groups excluding carboxylic acids is 2. The van der Waals surface area contributed by atoms with E-state index in [2.05, 4.69) is 39.2 Å². The van der Waals surface area contributed by atoms with Crippen LogP contribution < -0.4 is 10.1 Å². The van der Waals surface area contributed by atoms with Crippen molar-refractivity contribution in [2.75, 3.05) is 13.2 Å². The summed E-state index contributed by atoms with van der Waals surface area (Å²) >= 11 is 5.69. The van der Waals surface area contributed by atoms with E-state index in [-0.39, 0.29) is 35.8 Å². The van der Waals surface area contributed by atoms with Gasteiger partial charge in [-0.25, -0.2) is 4.79 Å². The maximum atomic E-state index is 13.4. The Morgan fingerprint density at radius 2 is 1.31 bits per heavy atom. The van der Waals surface area contributed by atoms with E-state index in [9.17, 15) is 9.59 Å². The van der Waals surface area contributed by atoms with Gasteiger partial charge in [0.2, 0.25) is 5.91 Å². The molecule has 9 nitrogen and oxygen atoms in total. The average molecular weight is 739 g/mol. The molecule has 4 atom stereocenters. The third kappa shape index (κ3) is 7.98. The third-order valence-corrected chi connectivity index (χ3v) is 14.8. The minimum atomic E-state index is -2.54. The molecule has 11 heteroatoms. The molecule has 2 aliphatic rings. The van der Waals surface area contributed by atoms with Crippen LogP contribution in [0, 0.1) is 0 Å². The van der Waals surface area contributed by atoms with Crippen molar-refractivity contribution in [3.63, 3.8) is 0 Å². The van der Waals surface area contributed by atoms with E-state index in [1.54, 1.807) is 12.1 Å². The zero-order valence-corrected chi connectivity index (χ0v) is 32.0. The van der Waals surface area contributed by atoms with Crippen molar-refractivity contribution in [3.8, 4) is 5.75 Å². The number of ether oxygens (including phenoxy) is 4. The van der Waals surface area contributed by atoms with E-state index >= 15 is 0 Å². The number of para-hydroxylation sites is 1. The standard InChI is InChI=1S/C41H46N2O7SSi/c1-40(2,3)52(4,5)50-36-35(49-39(51)47-32-24-16-9-17-25-32)33(48-37(36)43-27-26-34(44)42-38(43)45)28-46-41(29-18-10-6-11-19-29,30-20-12-7-13-21-30)31-22-14-8-15-23-31/h6-25,33,35-37H,26-28H2,1-5H3,(H,42,44,45)/t33-,35+,36+,37-/m1/s1. The summed E-state index contributed by atoms with van der Waals surface area (Å²) in [6.45, 7) is 10.9. The van der Waals surface area contributed by atoms with Crippen LogP contribution in [0.15, 0.2) is 121 Å².